The van der Waals surface area contributed by atoms with E-state index in [2.05, 4.69) is 18.8 Å². The topological polar surface area (TPSA) is 60.2 Å². The van der Waals surface area contributed by atoms with Gasteiger partial charge in [0.1, 0.15) is 6.29 Å². The molecule has 0 bridgehead atoms. The van der Waals surface area contributed by atoms with Gasteiger partial charge >= 0.3 is 0 Å². The van der Waals surface area contributed by atoms with Crippen molar-refractivity contribution in [2.45, 2.75) is 45.4 Å². The molecule has 0 saturated carbocycles. The fourth-order valence-corrected chi connectivity index (χ4v) is 1.90. The van der Waals surface area contributed by atoms with E-state index < -0.39 is 4.92 Å². The maximum Gasteiger partial charge on any atom is 0.273 e. The molecule has 0 unspecified atom stereocenters. The number of hydrogen-bond donors (Lipinski definition) is 0. The van der Waals surface area contributed by atoms with E-state index in [-0.39, 0.29) is 12.1 Å². The maximum absolute atomic E-state index is 10.8. The molecule has 1 aromatic rings. The van der Waals surface area contributed by atoms with Gasteiger partial charge < -0.3 is 4.79 Å². The quantitative estimate of drug-likeness (QED) is 0.250. The third-order valence-electron chi connectivity index (χ3n) is 2.97. The van der Waals surface area contributed by atoms with Crippen LogP contribution in [0.15, 0.2) is 18.2 Å². The summed E-state index contributed by atoms with van der Waals surface area (Å²) in [7, 11) is 0. The third-order valence-corrected chi connectivity index (χ3v) is 2.97. The first-order chi connectivity index (χ1) is 9.69. The van der Waals surface area contributed by atoms with Crippen LogP contribution >= 0.6 is 0 Å². The molecular formula is C16H19NO3. The van der Waals surface area contributed by atoms with Gasteiger partial charge in [-0.15, -0.1) is 0 Å². The third kappa shape index (κ3) is 5.23. The number of nitro benzene ring substituents is 1. The van der Waals surface area contributed by atoms with Crippen molar-refractivity contribution < 1.29 is 9.72 Å². The number of hydrogen-bond acceptors (Lipinski definition) is 3. The van der Waals surface area contributed by atoms with Crippen LogP contribution in [0.5, 0.6) is 0 Å². The lowest BCUT2D eigenvalue weighted by Gasteiger charge is -1.99. The van der Waals surface area contributed by atoms with Gasteiger partial charge in [0.05, 0.1) is 4.92 Å². The zero-order valence-corrected chi connectivity index (χ0v) is 11.7. The van der Waals surface area contributed by atoms with Gasteiger partial charge in [-0.05, 0) is 18.6 Å². The van der Waals surface area contributed by atoms with Gasteiger partial charge in [0, 0.05) is 30.0 Å². The first-order valence-electron chi connectivity index (χ1n) is 6.88. The predicted molar refractivity (Wildman–Crippen MR) is 78.5 cm³/mol. The largest absolute Gasteiger partial charge is 0.303 e. The summed E-state index contributed by atoms with van der Waals surface area (Å²) < 4.78 is 0. The van der Waals surface area contributed by atoms with E-state index in [0.29, 0.717) is 11.8 Å². The van der Waals surface area contributed by atoms with Crippen LogP contribution in [0.2, 0.25) is 0 Å². The van der Waals surface area contributed by atoms with Gasteiger partial charge in [0.25, 0.3) is 5.69 Å². The normalized spacial score (nSPS) is 9.65. The van der Waals surface area contributed by atoms with Crippen LogP contribution in [0.3, 0.4) is 0 Å². The van der Waals surface area contributed by atoms with Gasteiger partial charge in [-0.3, -0.25) is 10.1 Å². The molecule has 0 saturated heterocycles. The van der Waals surface area contributed by atoms with E-state index >= 15 is 0 Å². The molecule has 1 rings (SSSR count). The molecule has 0 aromatic heterocycles. The Kier molecular flexibility index (Phi) is 7.05. The Balaban J connectivity index is 2.72. The van der Waals surface area contributed by atoms with Crippen LogP contribution in [-0.4, -0.2) is 11.2 Å². The molecule has 20 heavy (non-hydrogen) atoms. The number of rotatable bonds is 7. The summed E-state index contributed by atoms with van der Waals surface area (Å²) in [6.07, 6.45) is 6.23. The van der Waals surface area contributed by atoms with E-state index in [1.54, 1.807) is 12.1 Å². The molecule has 0 amide bonds. The molecule has 1 aromatic carbocycles. The van der Waals surface area contributed by atoms with Crippen LogP contribution in [0.4, 0.5) is 5.69 Å². The molecule has 0 radical (unpaired) electrons. The molecule has 0 aliphatic rings. The Morgan fingerprint density at radius 2 is 2.10 bits per heavy atom. The molecule has 4 heteroatoms. The zero-order chi connectivity index (χ0) is 14.8. The minimum absolute atomic E-state index is 0.0226. The van der Waals surface area contributed by atoms with E-state index in [4.69, 9.17) is 0 Å². The molecule has 4 nitrogen and oxygen atoms in total. The summed E-state index contributed by atoms with van der Waals surface area (Å²) in [4.78, 5) is 20.9. The highest BCUT2D eigenvalue weighted by Gasteiger charge is 2.12. The van der Waals surface area contributed by atoms with E-state index in [1.807, 2.05) is 0 Å². The number of benzene rings is 1. The summed E-state index contributed by atoms with van der Waals surface area (Å²) in [5.74, 6) is 6.07. The highest BCUT2D eigenvalue weighted by molar-refractivity contribution is 5.60. The SMILES string of the molecule is CCCCCCC#Cc1ccc([N+](=O)[O-])c(CC=O)c1. The molecule has 0 heterocycles. The molecule has 0 fully saturated rings. The Morgan fingerprint density at radius 3 is 2.75 bits per heavy atom. The van der Waals surface area contributed by atoms with Gasteiger partial charge in [0.15, 0.2) is 0 Å². The molecular weight excluding hydrogens is 254 g/mol. The van der Waals surface area contributed by atoms with Crippen LogP contribution in [0.1, 0.15) is 50.2 Å². The van der Waals surface area contributed by atoms with Crippen molar-refractivity contribution in [1.82, 2.24) is 0 Å². The second kappa shape index (κ2) is 8.87. The number of aldehydes is 1. The summed E-state index contributed by atoms with van der Waals surface area (Å²) >= 11 is 0. The number of unbranched alkanes of at least 4 members (excludes halogenated alkanes) is 4. The predicted octanol–water partition coefficient (Wildman–Crippen LogP) is 3.66. The standard InChI is InChI=1S/C16H19NO3/c1-2-3-4-5-6-7-8-14-9-10-16(17(19)20)15(13-14)11-12-18/h9-10,12-13H,2-6,11H2,1H3. The number of nitro groups is 1. The minimum atomic E-state index is -0.471. The smallest absolute Gasteiger partial charge is 0.273 e. The van der Waals surface area contributed by atoms with Crippen molar-refractivity contribution in [2.24, 2.45) is 0 Å². The lowest BCUT2D eigenvalue weighted by atomic mass is 10.1. The summed E-state index contributed by atoms with van der Waals surface area (Å²) in [6.45, 7) is 2.16. The van der Waals surface area contributed by atoms with Gasteiger partial charge in [-0.2, -0.15) is 0 Å². The fourth-order valence-electron chi connectivity index (χ4n) is 1.90. The van der Waals surface area contributed by atoms with Crippen molar-refractivity contribution in [3.63, 3.8) is 0 Å². The lowest BCUT2D eigenvalue weighted by molar-refractivity contribution is -0.385. The number of nitrogens with zero attached hydrogens (tertiary/aromatic N) is 1. The van der Waals surface area contributed by atoms with Crippen LogP contribution in [0.25, 0.3) is 0 Å². The average Bonchev–Trinajstić information content (AvgIpc) is 2.43. The molecule has 0 atom stereocenters. The molecule has 0 N–H and O–H groups in total. The minimum Gasteiger partial charge on any atom is -0.303 e. The van der Waals surface area contributed by atoms with Crippen molar-refractivity contribution in [2.75, 3.05) is 0 Å². The maximum atomic E-state index is 10.8. The van der Waals surface area contributed by atoms with E-state index in [0.717, 1.165) is 18.4 Å². The van der Waals surface area contributed by atoms with Gasteiger partial charge in [-0.25, -0.2) is 0 Å². The molecule has 0 spiro atoms. The van der Waals surface area contributed by atoms with Crippen molar-refractivity contribution in [1.29, 1.82) is 0 Å². The molecule has 0 aliphatic heterocycles. The first-order valence-corrected chi connectivity index (χ1v) is 6.88. The van der Waals surface area contributed by atoms with Crippen molar-refractivity contribution in [3.8, 4) is 11.8 Å². The molecule has 0 aliphatic carbocycles. The summed E-state index contributed by atoms with van der Waals surface area (Å²) in [5.41, 5.74) is 1.12. The van der Waals surface area contributed by atoms with Crippen molar-refractivity contribution in [3.05, 3.63) is 39.4 Å². The lowest BCUT2D eigenvalue weighted by Crippen LogP contribution is -1.97. The molecule has 106 valence electrons. The first kappa shape index (κ1) is 15.9. The highest BCUT2D eigenvalue weighted by atomic mass is 16.6. The number of carbonyl (C=O) groups is 1. The van der Waals surface area contributed by atoms with Gasteiger partial charge in [0.2, 0.25) is 0 Å². The average molecular weight is 273 g/mol. The second-order valence-electron chi connectivity index (χ2n) is 4.58. The van der Waals surface area contributed by atoms with Gasteiger partial charge in [-0.1, -0.05) is 38.0 Å². The Morgan fingerprint density at radius 1 is 1.30 bits per heavy atom. The number of carbonyl (C=O) groups excluding carboxylic acids is 1. The van der Waals surface area contributed by atoms with Crippen LogP contribution in [-0.2, 0) is 11.2 Å². The summed E-state index contributed by atoms with van der Waals surface area (Å²) in [6, 6.07) is 4.68. The zero-order valence-electron chi connectivity index (χ0n) is 11.7. The van der Waals surface area contributed by atoms with E-state index in [9.17, 15) is 14.9 Å². The summed E-state index contributed by atoms with van der Waals surface area (Å²) in [5, 5.41) is 10.8. The fraction of sp³-hybridized carbons (Fsp3) is 0.438. The Hall–Kier alpha value is -2.15. The van der Waals surface area contributed by atoms with Crippen molar-refractivity contribution >= 4 is 12.0 Å². The highest BCUT2D eigenvalue weighted by Crippen LogP contribution is 2.19. The van der Waals surface area contributed by atoms with E-state index in [1.165, 1.54) is 25.3 Å². The van der Waals surface area contributed by atoms with Crippen LogP contribution in [0, 0.1) is 22.0 Å². The van der Waals surface area contributed by atoms with Crippen LogP contribution < -0.4 is 0 Å². The Bertz CT molecular complexity index is 526. The Labute approximate surface area is 119 Å². The monoisotopic (exact) mass is 273 g/mol. The second-order valence-corrected chi connectivity index (χ2v) is 4.58.